The molecule has 2 fully saturated rings. The summed E-state index contributed by atoms with van der Waals surface area (Å²) in [5.74, 6) is 2.82. The van der Waals surface area contributed by atoms with E-state index in [0.29, 0.717) is 23.5 Å². The number of aryl methyl sites for hydroxylation is 1. The number of rotatable bonds is 6. The third kappa shape index (κ3) is 5.39. The summed E-state index contributed by atoms with van der Waals surface area (Å²) in [4.78, 5) is 2.51. The van der Waals surface area contributed by atoms with Gasteiger partial charge in [-0.1, -0.05) is 56.7 Å². The highest BCUT2D eigenvalue weighted by atomic mass is 16.7. The van der Waals surface area contributed by atoms with Crippen LogP contribution >= 0.6 is 0 Å². The molecule has 2 atom stereocenters. The first kappa shape index (κ1) is 24.6. The van der Waals surface area contributed by atoms with Gasteiger partial charge in [-0.15, -0.1) is 0 Å². The van der Waals surface area contributed by atoms with E-state index >= 15 is 0 Å². The Morgan fingerprint density at radius 2 is 1.51 bits per heavy atom. The molecule has 0 spiro atoms. The molecular weight excluding hydrogens is 434 g/mol. The van der Waals surface area contributed by atoms with E-state index < -0.39 is 0 Å². The number of methoxy groups -OCH3 is 2. The van der Waals surface area contributed by atoms with Crippen LogP contribution in [0.15, 0.2) is 42.5 Å². The number of phenols is 1. The molecular formula is C31H43NO3. The molecule has 1 saturated heterocycles. The van der Waals surface area contributed by atoms with Crippen molar-refractivity contribution < 1.29 is 14.6 Å². The Morgan fingerprint density at radius 3 is 2.17 bits per heavy atom. The van der Waals surface area contributed by atoms with Crippen molar-refractivity contribution in [2.45, 2.75) is 76.4 Å². The topological polar surface area (TPSA) is 41.9 Å². The minimum absolute atomic E-state index is 0.0914. The highest BCUT2D eigenvalue weighted by molar-refractivity contribution is 5.51. The van der Waals surface area contributed by atoms with Gasteiger partial charge in [0.15, 0.2) is 6.29 Å². The SMILES string of the molecule is COC(OC)C1CCN(c2ccc([C@H]3c4ccc(O)cc4CC[C@H]3C3CCCCCC3)cc2)CC1. The van der Waals surface area contributed by atoms with Crippen LogP contribution in [0.2, 0.25) is 0 Å². The Labute approximate surface area is 211 Å². The highest BCUT2D eigenvalue weighted by Crippen LogP contribution is 2.48. The van der Waals surface area contributed by atoms with Gasteiger partial charge < -0.3 is 19.5 Å². The third-order valence-corrected chi connectivity index (χ3v) is 9.15. The van der Waals surface area contributed by atoms with Crippen molar-refractivity contribution in [1.82, 2.24) is 0 Å². The maximum absolute atomic E-state index is 10.1. The predicted octanol–water partition coefficient (Wildman–Crippen LogP) is 6.89. The Balaban J connectivity index is 1.37. The molecule has 4 nitrogen and oxygen atoms in total. The van der Waals surface area contributed by atoms with E-state index in [0.717, 1.165) is 38.3 Å². The summed E-state index contributed by atoms with van der Waals surface area (Å²) >= 11 is 0. The zero-order valence-corrected chi connectivity index (χ0v) is 21.6. The van der Waals surface area contributed by atoms with Gasteiger partial charge in [-0.2, -0.15) is 0 Å². The molecule has 2 aliphatic carbocycles. The number of hydrogen-bond acceptors (Lipinski definition) is 4. The van der Waals surface area contributed by atoms with Crippen molar-refractivity contribution in [1.29, 1.82) is 0 Å². The van der Waals surface area contributed by atoms with Crippen molar-refractivity contribution in [3.05, 3.63) is 59.2 Å². The van der Waals surface area contributed by atoms with E-state index in [-0.39, 0.29) is 6.29 Å². The first-order valence-corrected chi connectivity index (χ1v) is 13.9. The van der Waals surface area contributed by atoms with Crippen molar-refractivity contribution >= 4 is 5.69 Å². The number of aromatic hydroxyl groups is 1. The summed E-state index contributed by atoms with van der Waals surface area (Å²) in [7, 11) is 3.48. The molecule has 0 unspecified atom stereocenters. The second-order valence-corrected chi connectivity index (χ2v) is 11.1. The van der Waals surface area contributed by atoms with Crippen LogP contribution in [-0.2, 0) is 15.9 Å². The van der Waals surface area contributed by atoms with Crippen molar-refractivity contribution in [3.8, 4) is 5.75 Å². The van der Waals surface area contributed by atoms with Crippen molar-refractivity contribution in [2.24, 2.45) is 17.8 Å². The van der Waals surface area contributed by atoms with Crippen molar-refractivity contribution in [3.63, 3.8) is 0 Å². The molecule has 5 rings (SSSR count). The lowest BCUT2D eigenvalue weighted by atomic mass is 9.65. The van der Waals surface area contributed by atoms with E-state index in [1.165, 1.54) is 67.3 Å². The lowest BCUT2D eigenvalue weighted by Crippen LogP contribution is -2.39. The quantitative estimate of drug-likeness (QED) is 0.363. The number of phenolic OH excluding ortho intramolecular Hbond substituents is 1. The van der Waals surface area contributed by atoms with Gasteiger partial charge in [-0.05, 0) is 78.5 Å². The summed E-state index contributed by atoms with van der Waals surface area (Å²) in [5.41, 5.74) is 5.56. The zero-order chi connectivity index (χ0) is 24.2. The molecule has 0 radical (unpaired) electrons. The normalized spacial score (nSPS) is 24.4. The molecule has 0 bridgehead atoms. The summed E-state index contributed by atoms with van der Waals surface area (Å²) in [6.07, 6.45) is 12.8. The summed E-state index contributed by atoms with van der Waals surface area (Å²) in [6.45, 7) is 2.09. The van der Waals surface area contributed by atoms with Gasteiger partial charge in [0.1, 0.15) is 5.75 Å². The number of piperidine rings is 1. The molecule has 190 valence electrons. The van der Waals surface area contributed by atoms with E-state index in [9.17, 15) is 5.11 Å². The Bertz CT molecular complexity index is 938. The molecule has 2 aromatic rings. The van der Waals surface area contributed by atoms with Gasteiger partial charge in [0.2, 0.25) is 0 Å². The monoisotopic (exact) mass is 477 g/mol. The van der Waals surface area contributed by atoms with Gasteiger partial charge in [-0.3, -0.25) is 0 Å². The number of ether oxygens (including phenoxy) is 2. The largest absolute Gasteiger partial charge is 0.508 e. The lowest BCUT2D eigenvalue weighted by Gasteiger charge is -2.39. The van der Waals surface area contributed by atoms with E-state index in [2.05, 4.69) is 35.2 Å². The fourth-order valence-electron chi connectivity index (χ4n) is 7.31. The van der Waals surface area contributed by atoms with Crippen LogP contribution < -0.4 is 4.90 Å². The first-order valence-electron chi connectivity index (χ1n) is 13.9. The number of hydrogen-bond donors (Lipinski definition) is 1. The number of anilines is 1. The minimum Gasteiger partial charge on any atom is -0.508 e. The number of nitrogens with zero attached hydrogens (tertiary/aromatic N) is 1. The van der Waals surface area contributed by atoms with E-state index in [1.54, 1.807) is 14.2 Å². The van der Waals surface area contributed by atoms with Crippen LogP contribution in [0, 0.1) is 17.8 Å². The highest BCUT2D eigenvalue weighted by Gasteiger charge is 2.36. The second-order valence-electron chi connectivity index (χ2n) is 11.1. The molecule has 0 amide bonds. The molecule has 3 aliphatic rings. The molecule has 0 aromatic heterocycles. The number of fused-ring (bicyclic) bond motifs is 1. The molecule has 1 saturated carbocycles. The smallest absolute Gasteiger partial charge is 0.159 e. The average Bonchev–Trinajstić information content (AvgIpc) is 3.19. The van der Waals surface area contributed by atoms with Crippen LogP contribution in [0.25, 0.3) is 0 Å². The second kappa shape index (κ2) is 11.3. The molecule has 1 N–H and O–H groups in total. The molecule has 4 heteroatoms. The predicted molar refractivity (Wildman–Crippen MR) is 142 cm³/mol. The Kier molecular flexibility index (Phi) is 7.99. The maximum atomic E-state index is 10.1. The molecule has 1 heterocycles. The van der Waals surface area contributed by atoms with Crippen LogP contribution in [0.1, 0.15) is 80.4 Å². The van der Waals surface area contributed by atoms with Crippen LogP contribution in [0.4, 0.5) is 5.69 Å². The molecule has 2 aromatic carbocycles. The third-order valence-electron chi connectivity index (χ3n) is 9.15. The fourth-order valence-corrected chi connectivity index (χ4v) is 7.31. The summed E-state index contributed by atoms with van der Waals surface area (Å²) < 4.78 is 11.0. The standard InChI is InChI=1S/C31H43NO3/c1-34-31(35-2)24-17-19-32(20-18-24)26-12-9-23(10-13-26)30-28(22-7-5-3-4-6-8-22)15-11-25-21-27(33)14-16-29(25)30/h9-10,12-14,16,21-22,24,28,30-31,33H,3-8,11,15,17-20H2,1-2H3/t28-,30+/m0/s1. The van der Waals surface area contributed by atoms with Gasteiger partial charge in [-0.25, -0.2) is 0 Å². The van der Waals surface area contributed by atoms with E-state index in [4.69, 9.17) is 9.47 Å². The van der Waals surface area contributed by atoms with Gasteiger partial charge in [0.25, 0.3) is 0 Å². The Morgan fingerprint density at radius 1 is 0.829 bits per heavy atom. The van der Waals surface area contributed by atoms with Gasteiger partial charge in [0, 0.05) is 44.8 Å². The zero-order valence-electron chi connectivity index (χ0n) is 21.6. The van der Waals surface area contributed by atoms with Crippen LogP contribution in [0.5, 0.6) is 5.75 Å². The average molecular weight is 478 g/mol. The van der Waals surface area contributed by atoms with Crippen LogP contribution in [-0.4, -0.2) is 38.7 Å². The maximum Gasteiger partial charge on any atom is 0.159 e. The van der Waals surface area contributed by atoms with Crippen molar-refractivity contribution in [2.75, 3.05) is 32.2 Å². The van der Waals surface area contributed by atoms with Crippen LogP contribution in [0.3, 0.4) is 0 Å². The lowest BCUT2D eigenvalue weighted by molar-refractivity contribution is -0.141. The van der Waals surface area contributed by atoms with Gasteiger partial charge >= 0.3 is 0 Å². The van der Waals surface area contributed by atoms with Gasteiger partial charge in [0.05, 0.1) is 0 Å². The number of benzene rings is 2. The minimum atomic E-state index is -0.0914. The summed E-state index contributed by atoms with van der Waals surface area (Å²) in [5, 5.41) is 10.1. The molecule has 1 aliphatic heterocycles. The Hall–Kier alpha value is -2.04. The first-order chi connectivity index (χ1) is 17.2. The molecule has 35 heavy (non-hydrogen) atoms. The van der Waals surface area contributed by atoms with E-state index in [1.807, 2.05) is 12.1 Å². The fraction of sp³-hybridized carbons (Fsp3) is 0.613. The summed E-state index contributed by atoms with van der Waals surface area (Å²) in [6, 6.07) is 15.6.